The van der Waals surface area contributed by atoms with Gasteiger partial charge < -0.3 is 10.8 Å². The number of hydrogen-bond donors (Lipinski definition) is 3. The maximum atomic E-state index is 10.9. The van der Waals surface area contributed by atoms with E-state index in [-0.39, 0.29) is 11.9 Å². The van der Waals surface area contributed by atoms with E-state index in [2.05, 4.69) is 15.3 Å². The number of hydrogen-bond acceptors (Lipinski definition) is 5. The lowest BCUT2D eigenvalue weighted by Gasteiger charge is -2.17. The highest BCUT2D eigenvalue weighted by molar-refractivity contribution is 5.73. The molecule has 0 saturated heterocycles. The Bertz CT molecular complexity index is 350. The molecular weight excluding hydrogens is 208 g/mol. The third kappa shape index (κ3) is 3.47. The number of carboxylic acids is 1. The molecule has 0 amide bonds. The molecule has 1 rings (SSSR count). The summed E-state index contributed by atoms with van der Waals surface area (Å²) in [5.41, 5.74) is 6.15. The van der Waals surface area contributed by atoms with Crippen LogP contribution in [0.15, 0.2) is 12.4 Å². The number of carbonyl (C=O) groups is 1. The molecule has 4 N–H and O–H groups in total. The molecule has 0 saturated carbocycles. The Labute approximate surface area is 93.9 Å². The van der Waals surface area contributed by atoms with E-state index in [0.717, 1.165) is 5.56 Å². The molecule has 6 heteroatoms. The number of carboxylic acid groups (broad SMARTS) is 1. The van der Waals surface area contributed by atoms with Crippen molar-refractivity contribution in [2.45, 2.75) is 26.4 Å². The molecule has 6 nitrogen and oxygen atoms in total. The topological polar surface area (TPSA) is 101 Å². The largest absolute Gasteiger partial charge is 0.480 e. The van der Waals surface area contributed by atoms with Crippen molar-refractivity contribution in [2.24, 2.45) is 5.92 Å². The molecule has 0 bridgehead atoms. The van der Waals surface area contributed by atoms with Crippen LogP contribution in [0.3, 0.4) is 0 Å². The highest BCUT2D eigenvalue weighted by atomic mass is 16.4. The molecule has 0 fully saturated rings. The summed E-state index contributed by atoms with van der Waals surface area (Å²) in [5.74, 6) is -0.624. The summed E-state index contributed by atoms with van der Waals surface area (Å²) in [6.45, 7) is 4.12. The summed E-state index contributed by atoms with van der Waals surface area (Å²) in [4.78, 5) is 18.6. The monoisotopic (exact) mass is 224 g/mol. The number of nitrogen functional groups attached to an aromatic ring is 1. The fraction of sp³-hybridized carbons (Fsp3) is 0.500. The van der Waals surface area contributed by atoms with Crippen molar-refractivity contribution in [1.82, 2.24) is 15.3 Å². The smallest absolute Gasteiger partial charge is 0.320 e. The van der Waals surface area contributed by atoms with E-state index in [4.69, 9.17) is 10.8 Å². The standard InChI is InChI=1S/C10H16N4O2/c1-6(2)8(9(15)16)12-3-7-4-13-10(11)14-5-7/h4-6,8,12H,3H2,1-2H3,(H,15,16)(H2,11,13,14). The normalized spacial score (nSPS) is 12.7. The summed E-state index contributed by atoms with van der Waals surface area (Å²) in [6, 6.07) is -0.572. The first kappa shape index (κ1) is 12.4. The van der Waals surface area contributed by atoms with Crippen molar-refractivity contribution in [3.8, 4) is 0 Å². The first-order chi connectivity index (χ1) is 7.50. The predicted octanol–water partition coefficient (Wildman–Crippen LogP) is 0.258. The Hall–Kier alpha value is -1.69. The van der Waals surface area contributed by atoms with Gasteiger partial charge in [-0.05, 0) is 5.92 Å². The molecule has 1 aromatic rings. The van der Waals surface area contributed by atoms with Gasteiger partial charge >= 0.3 is 5.97 Å². The van der Waals surface area contributed by atoms with Crippen LogP contribution in [0.1, 0.15) is 19.4 Å². The van der Waals surface area contributed by atoms with Crippen molar-refractivity contribution >= 4 is 11.9 Å². The van der Waals surface area contributed by atoms with Crippen molar-refractivity contribution in [3.63, 3.8) is 0 Å². The van der Waals surface area contributed by atoms with Gasteiger partial charge in [0, 0.05) is 24.5 Å². The SMILES string of the molecule is CC(C)C(NCc1cnc(N)nc1)C(=O)O. The lowest BCUT2D eigenvalue weighted by atomic mass is 10.0. The molecule has 0 aliphatic rings. The van der Waals surface area contributed by atoms with E-state index in [9.17, 15) is 4.79 Å². The average Bonchev–Trinajstić information content (AvgIpc) is 2.20. The molecule has 88 valence electrons. The zero-order valence-corrected chi connectivity index (χ0v) is 9.34. The number of nitrogens with one attached hydrogen (secondary N) is 1. The van der Waals surface area contributed by atoms with Gasteiger partial charge in [-0.15, -0.1) is 0 Å². The van der Waals surface area contributed by atoms with E-state index < -0.39 is 12.0 Å². The predicted molar refractivity (Wildman–Crippen MR) is 59.5 cm³/mol. The number of aromatic nitrogens is 2. The second-order valence-corrected chi connectivity index (χ2v) is 3.89. The number of nitrogens with zero attached hydrogens (tertiary/aromatic N) is 2. The molecule has 0 radical (unpaired) electrons. The van der Waals surface area contributed by atoms with E-state index in [1.807, 2.05) is 13.8 Å². The van der Waals surface area contributed by atoms with Crippen LogP contribution in [0.25, 0.3) is 0 Å². The molecular formula is C10H16N4O2. The van der Waals surface area contributed by atoms with Crippen LogP contribution in [0.5, 0.6) is 0 Å². The Kier molecular flexibility index (Phi) is 4.19. The summed E-state index contributed by atoms with van der Waals surface area (Å²) >= 11 is 0. The van der Waals surface area contributed by atoms with E-state index in [0.29, 0.717) is 6.54 Å². The molecule has 1 atom stereocenters. The minimum atomic E-state index is -0.855. The first-order valence-corrected chi connectivity index (χ1v) is 5.03. The fourth-order valence-corrected chi connectivity index (χ4v) is 1.29. The van der Waals surface area contributed by atoms with Crippen LogP contribution in [0, 0.1) is 5.92 Å². The zero-order valence-electron chi connectivity index (χ0n) is 9.34. The van der Waals surface area contributed by atoms with E-state index >= 15 is 0 Å². The second-order valence-electron chi connectivity index (χ2n) is 3.89. The molecule has 1 aromatic heterocycles. The Balaban J connectivity index is 2.55. The lowest BCUT2D eigenvalue weighted by Crippen LogP contribution is -2.40. The fourth-order valence-electron chi connectivity index (χ4n) is 1.29. The van der Waals surface area contributed by atoms with Gasteiger partial charge in [0.1, 0.15) is 6.04 Å². The molecule has 0 spiro atoms. The van der Waals surface area contributed by atoms with Crippen molar-refractivity contribution in [1.29, 1.82) is 0 Å². The molecule has 0 aromatic carbocycles. The average molecular weight is 224 g/mol. The van der Waals surface area contributed by atoms with Crippen LogP contribution < -0.4 is 11.1 Å². The maximum absolute atomic E-state index is 10.9. The van der Waals surface area contributed by atoms with Crippen molar-refractivity contribution in [3.05, 3.63) is 18.0 Å². The zero-order chi connectivity index (χ0) is 12.1. The minimum Gasteiger partial charge on any atom is -0.480 e. The van der Waals surface area contributed by atoms with E-state index in [1.165, 1.54) is 0 Å². The summed E-state index contributed by atoms with van der Waals surface area (Å²) in [6.07, 6.45) is 3.16. The molecule has 1 heterocycles. The van der Waals surface area contributed by atoms with Gasteiger partial charge in [0.05, 0.1) is 0 Å². The van der Waals surface area contributed by atoms with E-state index in [1.54, 1.807) is 12.4 Å². The van der Waals surface area contributed by atoms with Crippen LogP contribution >= 0.6 is 0 Å². The number of rotatable bonds is 5. The third-order valence-electron chi connectivity index (χ3n) is 2.18. The van der Waals surface area contributed by atoms with Gasteiger partial charge in [-0.2, -0.15) is 0 Å². The van der Waals surface area contributed by atoms with Crippen molar-refractivity contribution < 1.29 is 9.90 Å². The lowest BCUT2D eigenvalue weighted by molar-refractivity contribution is -0.140. The Morgan fingerprint density at radius 1 is 1.50 bits per heavy atom. The van der Waals surface area contributed by atoms with Gasteiger partial charge in [-0.3, -0.25) is 10.1 Å². The third-order valence-corrected chi connectivity index (χ3v) is 2.18. The number of aliphatic carboxylic acids is 1. The number of nitrogens with two attached hydrogens (primary N) is 1. The van der Waals surface area contributed by atoms with Crippen LogP contribution in [-0.2, 0) is 11.3 Å². The van der Waals surface area contributed by atoms with Gasteiger partial charge in [-0.25, -0.2) is 9.97 Å². The Morgan fingerprint density at radius 3 is 2.50 bits per heavy atom. The van der Waals surface area contributed by atoms with Crippen LogP contribution in [0.2, 0.25) is 0 Å². The summed E-state index contributed by atoms with van der Waals surface area (Å²) in [7, 11) is 0. The maximum Gasteiger partial charge on any atom is 0.320 e. The van der Waals surface area contributed by atoms with Gasteiger partial charge in [0.15, 0.2) is 0 Å². The quantitative estimate of drug-likeness (QED) is 0.663. The van der Waals surface area contributed by atoms with Crippen LogP contribution in [0.4, 0.5) is 5.95 Å². The molecule has 16 heavy (non-hydrogen) atoms. The van der Waals surface area contributed by atoms with Gasteiger partial charge in [-0.1, -0.05) is 13.8 Å². The Morgan fingerprint density at radius 2 is 2.06 bits per heavy atom. The number of anilines is 1. The van der Waals surface area contributed by atoms with Gasteiger partial charge in [0.25, 0.3) is 0 Å². The molecule has 0 aliphatic heterocycles. The van der Waals surface area contributed by atoms with Crippen LogP contribution in [-0.4, -0.2) is 27.1 Å². The summed E-state index contributed by atoms with van der Waals surface area (Å²) < 4.78 is 0. The first-order valence-electron chi connectivity index (χ1n) is 5.03. The second kappa shape index (κ2) is 5.41. The van der Waals surface area contributed by atoms with Gasteiger partial charge in [0.2, 0.25) is 5.95 Å². The molecule has 1 unspecified atom stereocenters. The highest BCUT2D eigenvalue weighted by Crippen LogP contribution is 2.04. The molecule has 0 aliphatic carbocycles. The highest BCUT2D eigenvalue weighted by Gasteiger charge is 2.20. The van der Waals surface area contributed by atoms with Crippen molar-refractivity contribution in [2.75, 3.05) is 5.73 Å². The summed E-state index contributed by atoms with van der Waals surface area (Å²) in [5, 5.41) is 11.9. The minimum absolute atomic E-state index is 0.0206.